The molecule has 0 saturated carbocycles. The molecule has 1 aromatic carbocycles. The second-order valence-electron chi connectivity index (χ2n) is 3.38. The average molecular weight is 251 g/mol. The molecular formula is C12H10FNO2S. The zero-order chi connectivity index (χ0) is 12.1. The average Bonchev–Trinajstić information content (AvgIpc) is 2.73. The molecule has 5 heteroatoms. The molecule has 1 aromatic heterocycles. The maximum atomic E-state index is 12.6. The number of thiazole rings is 1. The van der Waals surface area contributed by atoms with Crippen molar-refractivity contribution in [1.82, 2.24) is 4.98 Å². The normalized spacial score (nSPS) is 10.2. The molecule has 0 spiro atoms. The van der Waals surface area contributed by atoms with E-state index < -0.39 is 11.1 Å². The second kappa shape index (κ2) is 5.54. The van der Waals surface area contributed by atoms with Gasteiger partial charge in [0.25, 0.3) is 0 Å². The van der Waals surface area contributed by atoms with E-state index in [4.69, 9.17) is 4.74 Å². The Bertz CT molecular complexity index is 498. The molecule has 0 aliphatic heterocycles. The topological polar surface area (TPSA) is 39.2 Å². The quantitative estimate of drug-likeness (QED) is 0.784. The van der Waals surface area contributed by atoms with E-state index >= 15 is 0 Å². The highest BCUT2D eigenvalue weighted by molar-refractivity contribution is 7.10. The number of ether oxygens (including phenoxy) is 1. The molecule has 0 aliphatic rings. The molecule has 17 heavy (non-hydrogen) atoms. The van der Waals surface area contributed by atoms with Gasteiger partial charge in [-0.1, -0.05) is 41.7 Å². The molecule has 2 aromatic rings. The molecule has 0 aliphatic carbocycles. The van der Waals surface area contributed by atoms with Gasteiger partial charge < -0.3 is 4.74 Å². The molecule has 0 unspecified atom stereocenters. The summed E-state index contributed by atoms with van der Waals surface area (Å²) in [4.78, 5) is 15.2. The fourth-order valence-electron chi connectivity index (χ4n) is 1.28. The van der Waals surface area contributed by atoms with Crippen molar-refractivity contribution in [2.75, 3.05) is 0 Å². The van der Waals surface area contributed by atoms with Crippen molar-refractivity contribution < 1.29 is 13.9 Å². The Morgan fingerprint density at radius 1 is 1.35 bits per heavy atom. The smallest absolute Gasteiger partial charge is 0.313 e. The number of aromatic nitrogens is 1. The van der Waals surface area contributed by atoms with Gasteiger partial charge in [-0.15, -0.1) is 0 Å². The van der Waals surface area contributed by atoms with Crippen LogP contribution in [0.3, 0.4) is 0 Å². The third kappa shape index (κ3) is 3.64. The lowest BCUT2D eigenvalue weighted by molar-refractivity contribution is -0.144. The largest absolute Gasteiger partial charge is 0.460 e. The van der Waals surface area contributed by atoms with Crippen LogP contribution in [0.5, 0.6) is 0 Å². The first kappa shape index (κ1) is 11.7. The minimum absolute atomic E-state index is 0.0153. The van der Waals surface area contributed by atoms with Crippen LogP contribution in [0.15, 0.2) is 36.5 Å². The molecule has 0 radical (unpaired) electrons. The van der Waals surface area contributed by atoms with Crippen molar-refractivity contribution in [3.63, 3.8) is 0 Å². The van der Waals surface area contributed by atoms with E-state index in [-0.39, 0.29) is 13.0 Å². The van der Waals surface area contributed by atoms with Gasteiger partial charge in [0.2, 0.25) is 0 Å². The first-order chi connectivity index (χ1) is 8.24. The van der Waals surface area contributed by atoms with E-state index in [9.17, 15) is 9.18 Å². The summed E-state index contributed by atoms with van der Waals surface area (Å²) < 4.78 is 17.7. The molecule has 0 N–H and O–H groups in total. The highest BCUT2D eigenvalue weighted by Crippen LogP contribution is 2.11. The van der Waals surface area contributed by atoms with Gasteiger partial charge in [0.15, 0.2) is 5.13 Å². The van der Waals surface area contributed by atoms with E-state index in [2.05, 4.69) is 4.98 Å². The van der Waals surface area contributed by atoms with Crippen LogP contribution in [0, 0.1) is 5.13 Å². The fourth-order valence-corrected chi connectivity index (χ4v) is 1.91. The van der Waals surface area contributed by atoms with Crippen LogP contribution in [0.2, 0.25) is 0 Å². The van der Waals surface area contributed by atoms with E-state index in [0.717, 1.165) is 23.1 Å². The standard InChI is InChI=1S/C12H10FNO2S/c13-10-7-14-11(17-10)6-12(15)16-8-9-4-2-1-3-5-9/h1-5,7H,6,8H2. The predicted molar refractivity (Wildman–Crippen MR) is 62.0 cm³/mol. The summed E-state index contributed by atoms with van der Waals surface area (Å²) in [6.45, 7) is 0.230. The number of carbonyl (C=O) groups excluding carboxylic acids is 1. The van der Waals surface area contributed by atoms with E-state index in [1.54, 1.807) is 0 Å². The lowest BCUT2D eigenvalue weighted by atomic mass is 10.2. The van der Waals surface area contributed by atoms with Gasteiger partial charge in [-0.25, -0.2) is 4.98 Å². The van der Waals surface area contributed by atoms with Gasteiger partial charge in [-0.3, -0.25) is 4.79 Å². The van der Waals surface area contributed by atoms with Crippen LogP contribution in [0.4, 0.5) is 4.39 Å². The third-order valence-corrected chi connectivity index (χ3v) is 2.85. The molecule has 0 saturated heterocycles. The molecule has 0 atom stereocenters. The Morgan fingerprint density at radius 2 is 2.12 bits per heavy atom. The lowest BCUT2D eigenvalue weighted by Gasteiger charge is -2.03. The molecule has 0 bridgehead atoms. The third-order valence-electron chi connectivity index (χ3n) is 2.06. The van der Waals surface area contributed by atoms with Gasteiger partial charge >= 0.3 is 5.97 Å². The van der Waals surface area contributed by atoms with Gasteiger partial charge in [0.05, 0.1) is 12.6 Å². The number of hydrogen-bond acceptors (Lipinski definition) is 4. The summed E-state index contributed by atoms with van der Waals surface area (Å²) in [6, 6.07) is 9.38. The second-order valence-corrected chi connectivity index (χ2v) is 4.45. The minimum atomic E-state index is -0.400. The number of benzene rings is 1. The van der Waals surface area contributed by atoms with Gasteiger partial charge in [-0.05, 0) is 5.56 Å². The van der Waals surface area contributed by atoms with Crippen molar-refractivity contribution in [2.24, 2.45) is 0 Å². The van der Waals surface area contributed by atoms with Crippen molar-refractivity contribution >= 4 is 17.3 Å². The molecule has 0 amide bonds. The number of nitrogens with zero attached hydrogens (tertiary/aromatic N) is 1. The van der Waals surface area contributed by atoms with Crippen LogP contribution >= 0.6 is 11.3 Å². The highest BCUT2D eigenvalue weighted by Gasteiger charge is 2.09. The molecule has 1 heterocycles. The number of rotatable bonds is 4. The van der Waals surface area contributed by atoms with Crippen molar-refractivity contribution in [3.8, 4) is 0 Å². The molecular weight excluding hydrogens is 241 g/mol. The minimum Gasteiger partial charge on any atom is -0.460 e. The SMILES string of the molecule is O=C(Cc1ncc(F)s1)OCc1ccccc1. The van der Waals surface area contributed by atoms with Crippen molar-refractivity contribution in [1.29, 1.82) is 0 Å². The number of carbonyl (C=O) groups is 1. The molecule has 2 rings (SSSR count). The number of hydrogen-bond donors (Lipinski definition) is 0. The Balaban J connectivity index is 1.82. The summed E-state index contributed by atoms with van der Waals surface area (Å²) >= 11 is 0.859. The first-order valence-corrected chi connectivity index (χ1v) is 5.85. The zero-order valence-electron chi connectivity index (χ0n) is 8.93. The van der Waals surface area contributed by atoms with Crippen molar-refractivity contribution in [3.05, 3.63) is 52.2 Å². The van der Waals surface area contributed by atoms with E-state index in [1.807, 2.05) is 30.3 Å². The maximum Gasteiger partial charge on any atom is 0.313 e. The molecule has 88 valence electrons. The van der Waals surface area contributed by atoms with Crippen LogP contribution in [-0.4, -0.2) is 11.0 Å². The van der Waals surface area contributed by atoms with Crippen LogP contribution in [-0.2, 0) is 22.6 Å². The Kier molecular flexibility index (Phi) is 3.82. The van der Waals surface area contributed by atoms with Crippen LogP contribution < -0.4 is 0 Å². The maximum absolute atomic E-state index is 12.6. The lowest BCUT2D eigenvalue weighted by Crippen LogP contribution is -2.07. The monoisotopic (exact) mass is 251 g/mol. The van der Waals surface area contributed by atoms with Gasteiger partial charge in [0, 0.05) is 0 Å². The zero-order valence-corrected chi connectivity index (χ0v) is 9.74. The Hall–Kier alpha value is -1.75. The summed E-state index contributed by atoms with van der Waals surface area (Å²) in [5, 5.41) is 0.0384. The summed E-state index contributed by atoms with van der Waals surface area (Å²) in [7, 11) is 0. The number of esters is 1. The Labute approximate surface area is 102 Å². The van der Waals surface area contributed by atoms with E-state index in [1.165, 1.54) is 0 Å². The number of halogens is 1. The fraction of sp³-hybridized carbons (Fsp3) is 0.167. The predicted octanol–water partition coefficient (Wildman–Crippen LogP) is 2.57. The summed E-state index contributed by atoms with van der Waals surface area (Å²) in [5.41, 5.74) is 0.922. The highest BCUT2D eigenvalue weighted by atomic mass is 32.1. The molecule has 3 nitrogen and oxygen atoms in total. The van der Waals surface area contributed by atoms with Crippen LogP contribution in [0.25, 0.3) is 0 Å². The summed E-state index contributed by atoms with van der Waals surface area (Å²) in [6.07, 6.45) is 1.12. The van der Waals surface area contributed by atoms with Crippen molar-refractivity contribution in [2.45, 2.75) is 13.0 Å². The van der Waals surface area contributed by atoms with E-state index in [0.29, 0.717) is 5.01 Å². The van der Waals surface area contributed by atoms with Gasteiger partial charge in [0.1, 0.15) is 11.6 Å². The van der Waals surface area contributed by atoms with Crippen LogP contribution in [0.1, 0.15) is 10.6 Å². The summed E-state index contributed by atoms with van der Waals surface area (Å²) in [5.74, 6) is -0.400. The molecule has 0 fully saturated rings. The first-order valence-electron chi connectivity index (χ1n) is 5.04. The van der Waals surface area contributed by atoms with Gasteiger partial charge in [-0.2, -0.15) is 4.39 Å². The Morgan fingerprint density at radius 3 is 2.76 bits per heavy atom.